The van der Waals surface area contributed by atoms with E-state index in [2.05, 4.69) is 38.1 Å². The molecule has 0 saturated carbocycles. The van der Waals surface area contributed by atoms with Crippen LogP contribution >= 0.6 is 0 Å². The highest BCUT2D eigenvalue weighted by molar-refractivity contribution is 5.26. The van der Waals surface area contributed by atoms with Crippen LogP contribution in [0.1, 0.15) is 307 Å². The maximum Gasteiger partial charge on any atom is -0.0146 e. The zero-order valence-corrected chi connectivity index (χ0v) is 37.8. The van der Waals surface area contributed by atoms with E-state index in [9.17, 15) is 0 Å². The van der Waals surface area contributed by atoms with E-state index in [1.54, 1.807) is 5.56 Å². The molecule has 0 fully saturated rings. The van der Waals surface area contributed by atoms with Crippen LogP contribution < -0.4 is 0 Å². The molecule has 0 nitrogen and oxygen atoms in total. The summed E-state index contributed by atoms with van der Waals surface area (Å²) in [6.07, 6.45) is 66.7. The summed E-state index contributed by atoms with van der Waals surface area (Å²) in [6, 6.07) is 10.4. The fraction of sp³-hybridized carbons (Fsp3) is 0.889. The molecule has 0 aromatic heterocycles. The van der Waals surface area contributed by atoms with Crippen LogP contribution in [0.25, 0.3) is 0 Å². The summed E-state index contributed by atoms with van der Waals surface area (Å²) < 4.78 is 0. The van der Waals surface area contributed by atoms with Gasteiger partial charge in [-0.3, -0.25) is 0 Å². The minimum absolute atomic E-state index is 1.24. The molecule has 0 atom stereocenters. The zero-order chi connectivity index (χ0) is 38.5. The molecule has 1 rings (SSSR count). The van der Waals surface area contributed by atoms with Crippen molar-refractivity contribution in [2.45, 2.75) is 309 Å². The van der Waals surface area contributed by atoms with Crippen molar-refractivity contribution in [3.63, 3.8) is 0 Å². The monoisotopic (exact) mass is 750 g/mol. The summed E-state index contributed by atoms with van der Waals surface area (Å²) in [5.41, 5.74) is 3.11. The Hall–Kier alpha value is -0.780. The van der Waals surface area contributed by atoms with E-state index in [4.69, 9.17) is 0 Å². The van der Waals surface area contributed by atoms with Gasteiger partial charge >= 0.3 is 0 Å². The fourth-order valence-electron chi connectivity index (χ4n) is 8.81. The molecule has 0 N–H and O–H groups in total. The van der Waals surface area contributed by atoms with Crippen LogP contribution in [0, 0.1) is 6.07 Å². The number of hydrogen-bond acceptors (Lipinski definition) is 0. The lowest BCUT2D eigenvalue weighted by atomic mass is 9.96. The third kappa shape index (κ3) is 38.1. The zero-order valence-electron chi connectivity index (χ0n) is 37.8. The molecule has 1 aromatic rings. The van der Waals surface area contributed by atoms with Crippen LogP contribution in [-0.2, 0) is 12.8 Å². The van der Waals surface area contributed by atoms with Gasteiger partial charge in [-0.25, -0.2) is 0 Å². The number of hydrogen-bond donors (Lipinski definition) is 0. The third-order valence-corrected chi connectivity index (χ3v) is 12.6. The predicted octanol–water partition coefficient (Wildman–Crippen LogP) is 19.8. The Labute approximate surface area is 343 Å². The van der Waals surface area contributed by atoms with E-state index < -0.39 is 0 Å². The second kappa shape index (κ2) is 44.9. The van der Waals surface area contributed by atoms with E-state index in [1.807, 2.05) is 0 Å². The quantitative estimate of drug-likeness (QED) is 0.0582. The first-order chi connectivity index (χ1) is 26.9. The van der Waals surface area contributed by atoms with Crippen molar-refractivity contribution >= 4 is 0 Å². The number of benzene rings is 1. The normalized spacial score (nSPS) is 11.6. The van der Waals surface area contributed by atoms with Crippen molar-refractivity contribution < 1.29 is 0 Å². The van der Waals surface area contributed by atoms with Crippen LogP contribution in [0.4, 0.5) is 0 Å². The molecule has 0 heteroatoms. The molecule has 0 aliphatic carbocycles. The number of aryl methyl sites for hydroxylation is 2. The summed E-state index contributed by atoms with van der Waals surface area (Å²) in [7, 11) is 0. The molecule has 0 heterocycles. The van der Waals surface area contributed by atoms with Gasteiger partial charge in [-0.05, 0) is 42.9 Å². The Bertz CT molecular complexity index is 741. The van der Waals surface area contributed by atoms with E-state index in [1.165, 1.54) is 301 Å². The topological polar surface area (TPSA) is 0 Å². The van der Waals surface area contributed by atoms with Crippen LogP contribution in [-0.4, -0.2) is 0 Å². The third-order valence-electron chi connectivity index (χ3n) is 12.6. The van der Waals surface area contributed by atoms with Crippen molar-refractivity contribution in [3.8, 4) is 0 Å². The molecule has 0 spiro atoms. The van der Waals surface area contributed by atoms with E-state index in [0.717, 1.165) is 0 Å². The summed E-state index contributed by atoms with van der Waals surface area (Å²) in [4.78, 5) is 0. The first kappa shape index (κ1) is 51.2. The molecule has 317 valence electrons. The van der Waals surface area contributed by atoms with Crippen molar-refractivity contribution in [1.29, 1.82) is 0 Å². The Balaban J connectivity index is 1.81. The van der Waals surface area contributed by atoms with Crippen molar-refractivity contribution in [2.75, 3.05) is 0 Å². The first-order valence-electron chi connectivity index (χ1n) is 25.9. The highest BCUT2D eigenvalue weighted by Gasteiger charge is 2.03. The molecule has 0 bridgehead atoms. The maximum atomic E-state index is 3.62. The van der Waals surface area contributed by atoms with Gasteiger partial charge in [0, 0.05) is 0 Å². The van der Waals surface area contributed by atoms with E-state index >= 15 is 0 Å². The molecule has 1 radical (unpaired) electrons. The highest BCUT2D eigenvalue weighted by Crippen LogP contribution is 2.20. The number of rotatable bonds is 46. The summed E-state index contributed by atoms with van der Waals surface area (Å²) in [5.74, 6) is 0. The van der Waals surface area contributed by atoms with Crippen molar-refractivity contribution in [1.82, 2.24) is 0 Å². The molecular formula is C54H101. The first-order valence-corrected chi connectivity index (χ1v) is 25.9. The lowest BCUT2D eigenvalue weighted by molar-refractivity contribution is 0.518. The fourth-order valence-corrected chi connectivity index (χ4v) is 8.81. The smallest absolute Gasteiger partial charge is 0.0146 e. The Morgan fingerprint density at radius 3 is 0.759 bits per heavy atom. The van der Waals surface area contributed by atoms with Gasteiger partial charge < -0.3 is 0 Å². The molecular weight excluding hydrogens is 649 g/mol. The molecule has 0 amide bonds. The Morgan fingerprint density at radius 1 is 0.278 bits per heavy atom. The van der Waals surface area contributed by atoms with Crippen molar-refractivity contribution in [3.05, 3.63) is 35.4 Å². The van der Waals surface area contributed by atoms with Crippen molar-refractivity contribution in [2.24, 2.45) is 0 Å². The van der Waals surface area contributed by atoms with Gasteiger partial charge in [-0.2, -0.15) is 0 Å². The van der Waals surface area contributed by atoms with E-state index in [-0.39, 0.29) is 0 Å². The van der Waals surface area contributed by atoms with Gasteiger partial charge in [0.15, 0.2) is 0 Å². The second-order valence-corrected chi connectivity index (χ2v) is 18.0. The molecule has 0 aliphatic rings. The van der Waals surface area contributed by atoms with Crippen LogP contribution in [0.5, 0.6) is 0 Å². The van der Waals surface area contributed by atoms with Gasteiger partial charge in [0.25, 0.3) is 0 Å². The minimum atomic E-state index is 1.24. The molecule has 0 aliphatic heterocycles. The number of unbranched alkanes of at least 4 members (excludes halogenated alkanes) is 42. The molecule has 54 heavy (non-hydrogen) atoms. The Kier molecular flexibility index (Phi) is 42.6. The largest absolute Gasteiger partial charge is 0.0654 e. The van der Waals surface area contributed by atoms with Gasteiger partial charge in [-0.1, -0.05) is 302 Å². The average Bonchev–Trinajstić information content (AvgIpc) is 3.19. The lowest BCUT2D eigenvalue weighted by Crippen LogP contribution is -1.96. The minimum Gasteiger partial charge on any atom is -0.0654 e. The maximum absolute atomic E-state index is 3.62. The lowest BCUT2D eigenvalue weighted by Gasteiger charge is -2.09. The van der Waals surface area contributed by atoms with Crippen LogP contribution in [0.2, 0.25) is 0 Å². The van der Waals surface area contributed by atoms with Gasteiger partial charge in [0.1, 0.15) is 0 Å². The summed E-state index contributed by atoms with van der Waals surface area (Å²) >= 11 is 0. The summed E-state index contributed by atoms with van der Waals surface area (Å²) in [5, 5.41) is 0. The molecule has 1 aromatic carbocycles. The molecule has 0 saturated heterocycles. The van der Waals surface area contributed by atoms with E-state index in [0.29, 0.717) is 0 Å². The molecule has 0 unspecified atom stereocenters. The predicted molar refractivity (Wildman–Crippen MR) is 247 cm³/mol. The van der Waals surface area contributed by atoms with Gasteiger partial charge in [0.05, 0.1) is 0 Å². The second-order valence-electron chi connectivity index (χ2n) is 18.0. The summed E-state index contributed by atoms with van der Waals surface area (Å²) in [6.45, 7) is 4.62. The van der Waals surface area contributed by atoms with Gasteiger partial charge in [0.2, 0.25) is 0 Å². The standard InChI is InChI=1S/C54H101/c1-3-5-7-9-11-13-15-17-19-21-23-25-27-29-31-33-35-37-39-41-43-45-49-53-51-47-48-52-54(53)50-46-44-42-40-38-36-34-32-30-28-26-24-22-20-18-16-14-12-10-8-6-4-2/h47-48,51H,3-46,49-50H2,1-2H3. The Morgan fingerprint density at radius 2 is 0.500 bits per heavy atom. The van der Waals surface area contributed by atoms with Crippen LogP contribution in [0.3, 0.4) is 0 Å². The average molecular weight is 750 g/mol. The SMILES string of the molecule is CCCCCCCCCCCCCCCCCCCCCCCCc1[c]cccc1CCCCCCCCCCCCCCCCCCCCCCCC. The highest BCUT2D eigenvalue weighted by atomic mass is 14.1. The van der Waals surface area contributed by atoms with Gasteiger partial charge in [-0.15, -0.1) is 0 Å². The van der Waals surface area contributed by atoms with Crippen LogP contribution in [0.15, 0.2) is 18.2 Å².